The number of hydrogen-bond donors (Lipinski definition) is 1. The van der Waals surface area contributed by atoms with Crippen molar-refractivity contribution in [3.8, 4) is 0 Å². The Hall–Kier alpha value is -3.02. The van der Waals surface area contributed by atoms with E-state index in [-0.39, 0.29) is 12.4 Å². The molecule has 0 fully saturated rings. The lowest BCUT2D eigenvalue weighted by Gasteiger charge is -2.05. The van der Waals surface area contributed by atoms with Gasteiger partial charge in [-0.1, -0.05) is 18.2 Å². The highest BCUT2D eigenvalue weighted by atomic mass is 16.5. The maximum absolute atomic E-state index is 11.5. The number of pyridine rings is 1. The number of aryl methyl sites for hydroxylation is 2. The Labute approximate surface area is 139 Å². The molecule has 24 heavy (non-hydrogen) atoms. The van der Waals surface area contributed by atoms with E-state index in [9.17, 15) is 14.4 Å². The lowest BCUT2D eigenvalue weighted by atomic mass is 10.0. The number of carbonyl (C=O) groups is 3. The Morgan fingerprint density at radius 3 is 2.46 bits per heavy atom. The van der Waals surface area contributed by atoms with Crippen LogP contribution in [0.15, 0.2) is 42.6 Å². The van der Waals surface area contributed by atoms with Crippen LogP contribution in [0.5, 0.6) is 0 Å². The normalized spacial score (nSPS) is 10.2. The van der Waals surface area contributed by atoms with Crippen LogP contribution >= 0.6 is 0 Å². The highest BCUT2D eigenvalue weighted by Gasteiger charge is 2.12. The SMILES string of the molecule is COC(=O)c1cccc(CCc2ccc(CC(=O)C(=O)O)nc2)c1. The molecule has 1 aromatic carbocycles. The highest BCUT2D eigenvalue weighted by Crippen LogP contribution is 2.11. The predicted octanol–water partition coefficient (Wildman–Crippen LogP) is 1.85. The van der Waals surface area contributed by atoms with Gasteiger partial charge in [0, 0.05) is 11.9 Å². The molecule has 0 atom stereocenters. The fraction of sp³-hybridized carbons (Fsp3) is 0.222. The van der Waals surface area contributed by atoms with Gasteiger partial charge < -0.3 is 9.84 Å². The molecular formula is C18H17NO5. The van der Waals surface area contributed by atoms with Gasteiger partial charge >= 0.3 is 11.9 Å². The van der Waals surface area contributed by atoms with E-state index in [0.717, 1.165) is 17.5 Å². The lowest BCUT2D eigenvalue weighted by Crippen LogP contribution is -2.15. The molecule has 1 aromatic heterocycles. The van der Waals surface area contributed by atoms with Gasteiger partial charge in [0.25, 0.3) is 0 Å². The molecule has 0 radical (unpaired) electrons. The number of rotatable bonds is 7. The summed E-state index contributed by atoms with van der Waals surface area (Å²) in [5, 5.41) is 8.58. The molecule has 0 unspecified atom stereocenters. The van der Waals surface area contributed by atoms with Crippen LogP contribution in [0.25, 0.3) is 0 Å². The third-order valence-corrected chi connectivity index (χ3v) is 3.52. The maximum Gasteiger partial charge on any atom is 0.372 e. The van der Waals surface area contributed by atoms with E-state index in [1.54, 1.807) is 30.5 Å². The molecule has 2 rings (SSSR count). The van der Waals surface area contributed by atoms with Gasteiger partial charge in [0.15, 0.2) is 0 Å². The molecule has 1 heterocycles. The zero-order chi connectivity index (χ0) is 17.5. The van der Waals surface area contributed by atoms with Crippen molar-refractivity contribution in [1.29, 1.82) is 0 Å². The lowest BCUT2D eigenvalue weighted by molar-refractivity contribution is -0.148. The molecule has 6 heteroatoms. The van der Waals surface area contributed by atoms with Gasteiger partial charge in [-0.25, -0.2) is 9.59 Å². The van der Waals surface area contributed by atoms with Crippen molar-refractivity contribution in [2.45, 2.75) is 19.3 Å². The predicted molar refractivity (Wildman–Crippen MR) is 85.8 cm³/mol. The van der Waals surface area contributed by atoms with Crippen molar-refractivity contribution in [3.63, 3.8) is 0 Å². The van der Waals surface area contributed by atoms with Crippen molar-refractivity contribution in [3.05, 3.63) is 65.0 Å². The number of carboxylic acids is 1. The second-order valence-electron chi connectivity index (χ2n) is 5.25. The number of aromatic nitrogens is 1. The molecule has 0 aliphatic carbocycles. The first-order chi connectivity index (χ1) is 11.5. The van der Waals surface area contributed by atoms with Crippen LogP contribution < -0.4 is 0 Å². The molecule has 2 aromatic rings. The monoisotopic (exact) mass is 327 g/mol. The Kier molecular flexibility index (Phi) is 5.78. The second kappa shape index (κ2) is 8.01. The third-order valence-electron chi connectivity index (χ3n) is 3.52. The van der Waals surface area contributed by atoms with Gasteiger partial charge in [0.1, 0.15) is 0 Å². The van der Waals surface area contributed by atoms with Crippen LogP contribution in [0.3, 0.4) is 0 Å². The molecule has 0 spiro atoms. The number of carboxylic acid groups (broad SMARTS) is 1. The number of hydrogen-bond acceptors (Lipinski definition) is 5. The van der Waals surface area contributed by atoms with E-state index >= 15 is 0 Å². The zero-order valence-corrected chi connectivity index (χ0v) is 13.2. The number of ketones is 1. The first-order valence-electron chi connectivity index (χ1n) is 7.37. The van der Waals surface area contributed by atoms with Crippen LogP contribution in [-0.2, 0) is 33.6 Å². The van der Waals surface area contributed by atoms with Crippen LogP contribution in [0.2, 0.25) is 0 Å². The Morgan fingerprint density at radius 1 is 1.08 bits per heavy atom. The molecule has 0 saturated heterocycles. The topological polar surface area (TPSA) is 93.6 Å². The Morgan fingerprint density at radius 2 is 1.83 bits per heavy atom. The fourth-order valence-electron chi connectivity index (χ4n) is 2.21. The van der Waals surface area contributed by atoms with Crippen molar-refractivity contribution >= 4 is 17.7 Å². The van der Waals surface area contributed by atoms with Gasteiger partial charge in [0.05, 0.1) is 19.1 Å². The smallest absolute Gasteiger partial charge is 0.372 e. The molecule has 0 aliphatic heterocycles. The maximum atomic E-state index is 11.5. The van der Waals surface area contributed by atoms with E-state index in [1.807, 2.05) is 12.1 Å². The number of carbonyl (C=O) groups excluding carboxylic acids is 2. The second-order valence-corrected chi connectivity index (χ2v) is 5.25. The third kappa shape index (κ3) is 4.74. The van der Waals surface area contributed by atoms with Gasteiger partial charge in [-0.3, -0.25) is 9.78 Å². The summed E-state index contributed by atoms with van der Waals surface area (Å²) in [4.78, 5) is 37.3. The Balaban J connectivity index is 1.96. The summed E-state index contributed by atoms with van der Waals surface area (Å²) < 4.78 is 4.70. The number of ether oxygens (including phenoxy) is 1. The molecule has 0 amide bonds. The summed E-state index contributed by atoms with van der Waals surface area (Å²) in [6.45, 7) is 0. The molecule has 0 saturated carbocycles. The standard InChI is InChI=1S/C18H17NO5/c1-24-18(23)14-4-2-3-12(9-14)5-6-13-7-8-15(19-11-13)10-16(20)17(21)22/h2-4,7-9,11H,5-6,10H2,1H3,(H,21,22). The number of Topliss-reactive ketones (excluding diaryl/α,β-unsaturated/α-hetero) is 1. The van der Waals surface area contributed by atoms with Gasteiger partial charge in [-0.05, 0) is 42.2 Å². The molecule has 0 aliphatic rings. The largest absolute Gasteiger partial charge is 0.475 e. The zero-order valence-electron chi connectivity index (χ0n) is 13.2. The summed E-state index contributed by atoms with van der Waals surface area (Å²) in [5.41, 5.74) is 2.91. The average Bonchev–Trinajstić information content (AvgIpc) is 2.60. The molecular weight excluding hydrogens is 310 g/mol. The van der Waals surface area contributed by atoms with E-state index in [2.05, 4.69) is 4.98 Å². The van der Waals surface area contributed by atoms with Crippen molar-refractivity contribution in [1.82, 2.24) is 4.98 Å². The van der Waals surface area contributed by atoms with Gasteiger partial charge in [0.2, 0.25) is 5.78 Å². The van der Waals surface area contributed by atoms with Crippen molar-refractivity contribution in [2.75, 3.05) is 7.11 Å². The Bertz CT molecular complexity index is 752. The summed E-state index contributed by atoms with van der Waals surface area (Å²) in [5.74, 6) is -2.70. The first-order valence-corrected chi connectivity index (χ1v) is 7.37. The number of aliphatic carboxylic acids is 1. The van der Waals surface area contributed by atoms with E-state index in [4.69, 9.17) is 9.84 Å². The number of esters is 1. The first kappa shape index (κ1) is 17.3. The molecule has 0 bridgehead atoms. The minimum absolute atomic E-state index is 0.212. The van der Waals surface area contributed by atoms with Crippen LogP contribution in [0.1, 0.15) is 27.2 Å². The summed E-state index contributed by atoms with van der Waals surface area (Å²) in [7, 11) is 1.34. The van der Waals surface area contributed by atoms with Crippen LogP contribution in [-0.4, -0.2) is 34.9 Å². The quantitative estimate of drug-likeness (QED) is 0.616. The van der Waals surface area contributed by atoms with E-state index in [0.29, 0.717) is 17.7 Å². The van der Waals surface area contributed by atoms with Gasteiger partial charge in [-0.2, -0.15) is 0 Å². The fourth-order valence-corrected chi connectivity index (χ4v) is 2.21. The minimum Gasteiger partial charge on any atom is -0.475 e. The summed E-state index contributed by atoms with van der Waals surface area (Å²) in [6.07, 6.45) is 2.86. The van der Waals surface area contributed by atoms with Crippen molar-refractivity contribution < 1.29 is 24.2 Å². The van der Waals surface area contributed by atoms with E-state index < -0.39 is 11.8 Å². The van der Waals surface area contributed by atoms with Crippen LogP contribution in [0.4, 0.5) is 0 Å². The number of benzene rings is 1. The number of methoxy groups -OCH3 is 1. The summed E-state index contributed by atoms with van der Waals surface area (Å²) in [6, 6.07) is 10.7. The number of nitrogens with zero attached hydrogens (tertiary/aromatic N) is 1. The average molecular weight is 327 g/mol. The molecule has 6 nitrogen and oxygen atoms in total. The van der Waals surface area contributed by atoms with E-state index in [1.165, 1.54) is 7.11 Å². The van der Waals surface area contributed by atoms with Gasteiger partial charge in [-0.15, -0.1) is 0 Å². The molecule has 124 valence electrons. The van der Waals surface area contributed by atoms with Crippen LogP contribution in [0, 0.1) is 0 Å². The minimum atomic E-state index is -1.45. The molecule has 1 N–H and O–H groups in total. The highest BCUT2D eigenvalue weighted by molar-refractivity contribution is 6.33. The summed E-state index contributed by atoms with van der Waals surface area (Å²) >= 11 is 0. The van der Waals surface area contributed by atoms with Crippen molar-refractivity contribution in [2.24, 2.45) is 0 Å².